The van der Waals surface area contributed by atoms with Crippen molar-refractivity contribution in [1.82, 2.24) is 20.6 Å². The molecule has 3 atom stereocenters. The summed E-state index contributed by atoms with van der Waals surface area (Å²) in [6.45, 7) is 2.68. The minimum atomic E-state index is -1.04. The Balaban J connectivity index is 1.47. The number of carbonyl (C=O) groups excluding carboxylic acids is 1. The first-order valence-corrected chi connectivity index (χ1v) is 11.5. The fraction of sp³-hybridized carbons (Fsp3) is 0.348. The van der Waals surface area contributed by atoms with Crippen molar-refractivity contribution in [1.29, 1.82) is 0 Å². The Labute approximate surface area is 191 Å². The van der Waals surface area contributed by atoms with Gasteiger partial charge in [-0.25, -0.2) is 9.78 Å². The number of aromatic amines is 1. The number of aromatic nitrogens is 2. The van der Waals surface area contributed by atoms with Crippen LogP contribution >= 0.6 is 11.3 Å². The molecule has 0 aliphatic carbocycles. The number of benzene rings is 1. The zero-order valence-corrected chi connectivity index (χ0v) is 18.8. The third-order valence-electron chi connectivity index (χ3n) is 5.29. The molecule has 0 saturated carbocycles. The van der Waals surface area contributed by atoms with Crippen LogP contribution in [0.4, 0.5) is 0 Å². The van der Waals surface area contributed by atoms with Gasteiger partial charge in [0, 0.05) is 47.5 Å². The Morgan fingerprint density at radius 1 is 1.25 bits per heavy atom. The number of hydrogen-bond donors (Lipinski definition) is 5. The Morgan fingerprint density at radius 3 is 2.66 bits per heavy atom. The smallest absolute Gasteiger partial charge is 0.326 e. The quantitative estimate of drug-likeness (QED) is 0.267. The molecule has 0 radical (unpaired) electrons. The van der Waals surface area contributed by atoms with Gasteiger partial charge in [-0.2, -0.15) is 0 Å². The van der Waals surface area contributed by atoms with Gasteiger partial charge < -0.3 is 26.5 Å². The van der Waals surface area contributed by atoms with Crippen LogP contribution in [0.1, 0.15) is 58.5 Å². The number of hydrogen-bond acceptors (Lipinski definition) is 6. The molecule has 32 heavy (non-hydrogen) atoms. The number of amides is 1. The summed E-state index contributed by atoms with van der Waals surface area (Å²) < 4.78 is 0. The lowest BCUT2D eigenvalue weighted by molar-refractivity contribution is -0.139. The molecule has 3 aromatic rings. The molecule has 0 saturated heterocycles. The monoisotopic (exact) mass is 455 g/mol. The first-order valence-electron chi connectivity index (χ1n) is 10.6. The fourth-order valence-electron chi connectivity index (χ4n) is 3.39. The summed E-state index contributed by atoms with van der Waals surface area (Å²) in [4.78, 5) is 31.6. The number of thiazole rings is 1. The lowest BCUT2D eigenvalue weighted by Gasteiger charge is -2.17. The Morgan fingerprint density at radius 2 is 2.03 bits per heavy atom. The van der Waals surface area contributed by atoms with Gasteiger partial charge >= 0.3 is 5.97 Å². The van der Waals surface area contributed by atoms with Crippen molar-refractivity contribution in [2.75, 3.05) is 6.54 Å². The van der Waals surface area contributed by atoms with Crippen LogP contribution in [0, 0.1) is 0 Å². The van der Waals surface area contributed by atoms with Crippen molar-refractivity contribution in [3.8, 4) is 0 Å². The molecule has 1 aromatic carbocycles. The van der Waals surface area contributed by atoms with Crippen molar-refractivity contribution in [2.24, 2.45) is 5.73 Å². The highest BCUT2D eigenvalue weighted by Crippen LogP contribution is 2.18. The zero-order valence-electron chi connectivity index (χ0n) is 18.0. The first-order chi connectivity index (χ1) is 15.4. The molecular weight excluding hydrogens is 426 g/mol. The standard InChI is InChI=1S/C23H29N5O3S/c1-15(19-4-2-11-26-19)25-10-3-5-20(23(30)31)28-22(29)17-8-6-16(7-9-17)18(24)14-21-27-12-13-32-21/h2,4,6-9,11-13,15,18,20,25-26H,3,5,10,14,24H2,1H3,(H,28,29)(H,30,31)/t15?,18?,20-/m0/s1. The molecule has 2 aromatic heterocycles. The maximum Gasteiger partial charge on any atom is 0.326 e. The van der Waals surface area contributed by atoms with E-state index in [1.807, 2.05) is 30.6 Å². The molecule has 2 heterocycles. The van der Waals surface area contributed by atoms with Crippen LogP contribution in [0.2, 0.25) is 0 Å². The Kier molecular flexibility index (Phi) is 8.55. The van der Waals surface area contributed by atoms with E-state index in [4.69, 9.17) is 5.73 Å². The highest BCUT2D eigenvalue weighted by molar-refractivity contribution is 7.09. The van der Waals surface area contributed by atoms with Gasteiger partial charge in [0.1, 0.15) is 6.04 Å². The number of nitrogens with zero attached hydrogens (tertiary/aromatic N) is 1. The average molecular weight is 456 g/mol. The molecule has 9 heteroatoms. The van der Waals surface area contributed by atoms with E-state index >= 15 is 0 Å². The number of H-pyrrole nitrogens is 1. The topological polar surface area (TPSA) is 133 Å². The normalized spacial score (nSPS) is 13.9. The molecule has 0 aliphatic rings. The van der Waals surface area contributed by atoms with Crippen LogP contribution < -0.4 is 16.4 Å². The van der Waals surface area contributed by atoms with E-state index in [1.54, 1.807) is 41.8 Å². The van der Waals surface area contributed by atoms with E-state index in [9.17, 15) is 14.7 Å². The van der Waals surface area contributed by atoms with Gasteiger partial charge in [0.2, 0.25) is 0 Å². The van der Waals surface area contributed by atoms with Crippen molar-refractivity contribution in [2.45, 2.75) is 44.3 Å². The van der Waals surface area contributed by atoms with Gasteiger partial charge in [0.05, 0.1) is 5.01 Å². The predicted octanol–water partition coefficient (Wildman–Crippen LogP) is 3.03. The van der Waals surface area contributed by atoms with Gasteiger partial charge in [-0.1, -0.05) is 12.1 Å². The third kappa shape index (κ3) is 6.74. The summed E-state index contributed by atoms with van der Waals surface area (Å²) in [7, 11) is 0. The molecule has 0 aliphatic heterocycles. The SMILES string of the molecule is CC(NCCC[C@H](NC(=O)c1ccc(C(N)Cc2nccs2)cc1)C(=O)O)c1ccc[nH]1. The minimum Gasteiger partial charge on any atom is -0.480 e. The maximum atomic E-state index is 12.6. The lowest BCUT2D eigenvalue weighted by Crippen LogP contribution is -2.41. The van der Waals surface area contributed by atoms with E-state index in [2.05, 4.69) is 20.6 Å². The van der Waals surface area contributed by atoms with Crippen molar-refractivity contribution >= 4 is 23.2 Å². The van der Waals surface area contributed by atoms with Crippen LogP contribution in [0.15, 0.2) is 54.2 Å². The molecule has 170 valence electrons. The van der Waals surface area contributed by atoms with Crippen LogP contribution in [-0.2, 0) is 11.2 Å². The first kappa shape index (κ1) is 23.6. The van der Waals surface area contributed by atoms with Crippen molar-refractivity contribution < 1.29 is 14.7 Å². The molecule has 0 spiro atoms. The summed E-state index contributed by atoms with van der Waals surface area (Å²) in [6.07, 6.45) is 5.19. The molecule has 1 amide bonds. The van der Waals surface area contributed by atoms with Gasteiger partial charge in [0.25, 0.3) is 5.91 Å². The van der Waals surface area contributed by atoms with E-state index in [0.717, 1.165) is 16.3 Å². The van der Waals surface area contributed by atoms with E-state index in [1.165, 1.54) is 0 Å². The summed E-state index contributed by atoms with van der Waals surface area (Å²) in [5.74, 6) is -1.46. The van der Waals surface area contributed by atoms with E-state index in [-0.39, 0.29) is 12.1 Å². The average Bonchev–Trinajstić information content (AvgIpc) is 3.50. The van der Waals surface area contributed by atoms with E-state index < -0.39 is 17.9 Å². The van der Waals surface area contributed by atoms with Gasteiger partial charge in [0.15, 0.2) is 0 Å². The van der Waals surface area contributed by atoms with Crippen LogP contribution in [0.5, 0.6) is 0 Å². The fourth-order valence-corrected chi connectivity index (χ4v) is 4.06. The molecule has 0 bridgehead atoms. The molecule has 2 unspecified atom stereocenters. The number of carboxylic acid groups (broad SMARTS) is 1. The largest absolute Gasteiger partial charge is 0.480 e. The summed E-state index contributed by atoms with van der Waals surface area (Å²) in [6, 6.07) is 9.85. The second kappa shape index (κ2) is 11.6. The molecule has 3 rings (SSSR count). The second-order valence-corrected chi connectivity index (χ2v) is 8.65. The number of carboxylic acids is 1. The third-order valence-corrected chi connectivity index (χ3v) is 6.09. The van der Waals surface area contributed by atoms with E-state index in [0.29, 0.717) is 31.4 Å². The lowest BCUT2D eigenvalue weighted by atomic mass is 10.0. The number of carbonyl (C=O) groups is 2. The number of rotatable bonds is 12. The predicted molar refractivity (Wildman–Crippen MR) is 125 cm³/mol. The van der Waals surface area contributed by atoms with Crippen LogP contribution in [0.3, 0.4) is 0 Å². The van der Waals surface area contributed by atoms with Crippen LogP contribution in [0.25, 0.3) is 0 Å². The summed E-state index contributed by atoms with van der Waals surface area (Å²) >= 11 is 1.56. The van der Waals surface area contributed by atoms with Gasteiger partial charge in [-0.3, -0.25) is 4.79 Å². The highest BCUT2D eigenvalue weighted by Gasteiger charge is 2.20. The van der Waals surface area contributed by atoms with Crippen molar-refractivity contribution in [3.63, 3.8) is 0 Å². The van der Waals surface area contributed by atoms with Gasteiger partial charge in [-0.15, -0.1) is 11.3 Å². The molecular formula is C23H29N5O3S. The molecule has 6 N–H and O–H groups in total. The molecule has 0 fully saturated rings. The highest BCUT2D eigenvalue weighted by atomic mass is 32.1. The summed E-state index contributed by atoms with van der Waals surface area (Å²) in [5.41, 5.74) is 8.61. The summed E-state index contributed by atoms with van der Waals surface area (Å²) in [5, 5.41) is 18.3. The number of aliphatic carboxylic acids is 1. The zero-order chi connectivity index (χ0) is 22.9. The Hall–Kier alpha value is -3.01. The van der Waals surface area contributed by atoms with Crippen LogP contribution in [-0.4, -0.2) is 39.5 Å². The number of nitrogens with two attached hydrogens (primary N) is 1. The molecule has 8 nitrogen and oxygen atoms in total. The minimum absolute atomic E-state index is 0.142. The van der Waals surface area contributed by atoms with Crippen molar-refractivity contribution in [3.05, 3.63) is 76.0 Å². The number of nitrogens with one attached hydrogen (secondary N) is 3. The Bertz CT molecular complexity index is 974. The van der Waals surface area contributed by atoms with Gasteiger partial charge in [-0.05, 0) is 56.1 Å². The maximum absolute atomic E-state index is 12.6. The second-order valence-electron chi connectivity index (χ2n) is 7.67.